The van der Waals surface area contributed by atoms with Crippen LogP contribution in [0.2, 0.25) is 0 Å². The molecule has 0 aliphatic heterocycles. The fourth-order valence-electron chi connectivity index (χ4n) is 1.70. The van der Waals surface area contributed by atoms with Crippen LogP contribution in [0.15, 0.2) is 33.9 Å². The molecule has 2 rings (SSSR count). The fourth-order valence-corrected chi connectivity index (χ4v) is 3.00. The second-order valence-electron chi connectivity index (χ2n) is 4.29. The van der Waals surface area contributed by atoms with Gasteiger partial charge in [-0.3, -0.25) is 5.10 Å². The maximum atomic E-state index is 12.0. The highest BCUT2D eigenvalue weighted by Crippen LogP contribution is 2.15. The Balaban J connectivity index is 1.95. The fraction of sp³-hybridized carbons (Fsp3) is 0.364. The van der Waals surface area contributed by atoms with Crippen molar-refractivity contribution in [3.05, 3.63) is 30.4 Å². The molecule has 0 fully saturated rings. The molecule has 0 saturated heterocycles. The Kier molecular flexibility index (Phi) is 3.91. The molecule has 104 valence electrons. The van der Waals surface area contributed by atoms with Crippen molar-refractivity contribution in [2.75, 3.05) is 5.73 Å². The van der Waals surface area contributed by atoms with Crippen LogP contribution in [0.1, 0.15) is 19.1 Å². The van der Waals surface area contributed by atoms with Crippen molar-refractivity contribution in [3.63, 3.8) is 0 Å². The topological polar surface area (TPSA) is 114 Å². The molecule has 8 heteroatoms. The van der Waals surface area contributed by atoms with Crippen LogP contribution < -0.4 is 10.5 Å². The number of furan rings is 1. The van der Waals surface area contributed by atoms with Gasteiger partial charge in [0.05, 0.1) is 12.5 Å². The van der Waals surface area contributed by atoms with E-state index in [1.165, 1.54) is 6.20 Å². The summed E-state index contributed by atoms with van der Waals surface area (Å²) in [6, 6.07) is 3.43. The number of nitrogens with two attached hydrogens (primary N) is 1. The molecule has 0 radical (unpaired) electrons. The van der Waals surface area contributed by atoms with Crippen LogP contribution in [-0.2, 0) is 16.4 Å². The second kappa shape index (κ2) is 5.45. The molecule has 0 spiro atoms. The van der Waals surface area contributed by atoms with Crippen LogP contribution in [0.5, 0.6) is 0 Å². The number of aryl methyl sites for hydroxylation is 1. The lowest BCUT2D eigenvalue weighted by atomic mass is 10.2. The molecule has 2 aromatic heterocycles. The number of rotatable bonds is 6. The van der Waals surface area contributed by atoms with Gasteiger partial charge in [0.25, 0.3) is 0 Å². The minimum Gasteiger partial charge on any atom is -0.469 e. The summed E-state index contributed by atoms with van der Waals surface area (Å²) in [6.45, 7) is 1.79. The molecule has 0 saturated carbocycles. The molecule has 4 N–H and O–H groups in total. The van der Waals surface area contributed by atoms with E-state index in [1.807, 2.05) is 6.07 Å². The van der Waals surface area contributed by atoms with Crippen molar-refractivity contribution in [1.29, 1.82) is 0 Å². The summed E-state index contributed by atoms with van der Waals surface area (Å²) in [6.07, 6.45) is 4.08. The number of hydrogen-bond acceptors (Lipinski definition) is 5. The molecule has 7 nitrogen and oxygen atoms in total. The highest BCUT2D eigenvalue weighted by molar-refractivity contribution is 7.89. The minimum absolute atomic E-state index is 0.0302. The van der Waals surface area contributed by atoms with Crippen LogP contribution in [0, 0.1) is 0 Å². The van der Waals surface area contributed by atoms with Crippen LogP contribution in [0.25, 0.3) is 0 Å². The molecule has 1 atom stereocenters. The first-order chi connectivity index (χ1) is 8.99. The highest BCUT2D eigenvalue weighted by Gasteiger charge is 2.21. The van der Waals surface area contributed by atoms with E-state index in [2.05, 4.69) is 14.9 Å². The first-order valence-electron chi connectivity index (χ1n) is 5.82. The number of nitrogen functional groups attached to an aromatic ring is 1. The van der Waals surface area contributed by atoms with Crippen molar-refractivity contribution in [2.45, 2.75) is 30.7 Å². The van der Waals surface area contributed by atoms with Gasteiger partial charge in [0.1, 0.15) is 16.5 Å². The van der Waals surface area contributed by atoms with E-state index in [4.69, 9.17) is 10.2 Å². The zero-order valence-electron chi connectivity index (χ0n) is 10.5. The molecule has 0 amide bonds. The van der Waals surface area contributed by atoms with Crippen molar-refractivity contribution in [2.24, 2.45) is 0 Å². The van der Waals surface area contributed by atoms with Crippen LogP contribution in [-0.4, -0.2) is 24.7 Å². The molecular weight excluding hydrogens is 268 g/mol. The van der Waals surface area contributed by atoms with Gasteiger partial charge in [-0.25, -0.2) is 13.1 Å². The van der Waals surface area contributed by atoms with E-state index in [9.17, 15) is 8.42 Å². The van der Waals surface area contributed by atoms with Gasteiger partial charge in [0.15, 0.2) is 0 Å². The molecule has 19 heavy (non-hydrogen) atoms. The molecule has 1 unspecified atom stereocenters. The number of nitrogens with zero attached hydrogens (tertiary/aromatic N) is 1. The van der Waals surface area contributed by atoms with E-state index in [0.717, 1.165) is 5.76 Å². The van der Waals surface area contributed by atoms with Gasteiger partial charge in [0, 0.05) is 12.5 Å². The number of H-pyrrole nitrogens is 1. The first-order valence-corrected chi connectivity index (χ1v) is 7.31. The van der Waals surface area contributed by atoms with E-state index in [1.54, 1.807) is 19.3 Å². The van der Waals surface area contributed by atoms with Gasteiger partial charge < -0.3 is 10.2 Å². The Labute approximate surface area is 111 Å². The molecular formula is C11H16N4O3S. The average Bonchev–Trinajstić information content (AvgIpc) is 2.96. The normalized spacial score (nSPS) is 13.5. The number of anilines is 1. The number of hydrogen-bond donors (Lipinski definition) is 3. The van der Waals surface area contributed by atoms with Crippen molar-refractivity contribution < 1.29 is 12.8 Å². The Morgan fingerprint density at radius 2 is 2.37 bits per heavy atom. The SMILES string of the molecule is CC(CCc1ccco1)NS(=O)(=O)c1cn[nH]c1N. The molecule has 0 aliphatic carbocycles. The highest BCUT2D eigenvalue weighted by atomic mass is 32.2. The smallest absolute Gasteiger partial charge is 0.246 e. The predicted molar refractivity (Wildman–Crippen MR) is 69.8 cm³/mol. The third-order valence-corrected chi connectivity index (χ3v) is 4.30. The minimum atomic E-state index is -3.64. The summed E-state index contributed by atoms with van der Waals surface area (Å²) in [5.41, 5.74) is 5.50. The molecule has 0 bridgehead atoms. The Hall–Kier alpha value is -1.80. The maximum absolute atomic E-state index is 12.0. The molecule has 2 heterocycles. The summed E-state index contributed by atoms with van der Waals surface area (Å²) in [5.74, 6) is 0.861. The lowest BCUT2D eigenvalue weighted by Gasteiger charge is -2.12. The quantitative estimate of drug-likeness (QED) is 0.728. The van der Waals surface area contributed by atoms with Crippen molar-refractivity contribution >= 4 is 15.8 Å². The summed E-state index contributed by atoms with van der Waals surface area (Å²) in [4.78, 5) is -0.0302. The Bertz CT molecular complexity index is 618. The van der Waals surface area contributed by atoms with Gasteiger partial charge in [0.2, 0.25) is 10.0 Å². The Morgan fingerprint density at radius 3 is 2.95 bits per heavy atom. The van der Waals surface area contributed by atoms with E-state index >= 15 is 0 Å². The van der Waals surface area contributed by atoms with E-state index in [0.29, 0.717) is 12.8 Å². The summed E-state index contributed by atoms with van der Waals surface area (Å²) in [5, 5.41) is 5.99. The predicted octanol–water partition coefficient (Wildman–Crippen LogP) is 0.885. The van der Waals surface area contributed by atoms with Gasteiger partial charge in [-0.2, -0.15) is 5.10 Å². The van der Waals surface area contributed by atoms with Crippen LogP contribution in [0.4, 0.5) is 5.82 Å². The van der Waals surface area contributed by atoms with Crippen LogP contribution in [0.3, 0.4) is 0 Å². The monoisotopic (exact) mass is 284 g/mol. The van der Waals surface area contributed by atoms with Gasteiger partial charge in [-0.1, -0.05) is 0 Å². The number of sulfonamides is 1. The zero-order chi connectivity index (χ0) is 13.9. The summed E-state index contributed by atoms with van der Waals surface area (Å²) < 4.78 is 31.8. The molecule has 2 aromatic rings. The third-order valence-electron chi connectivity index (χ3n) is 2.68. The zero-order valence-corrected chi connectivity index (χ0v) is 11.3. The summed E-state index contributed by atoms with van der Waals surface area (Å²) >= 11 is 0. The third kappa shape index (κ3) is 3.36. The lowest BCUT2D eigenvalue weighted by molar-refractivity contribution is 0.480. The standard InChI is InChI=1S/C11H16N4O3S/c1-8(4-5-9-3-2-6-18-9)15-19(16,17)10-7-13-14-11(10)12/h2-3,6-8,15H,4-5H2,1H3,(H3,12,13,14). The Morgan fingerprint density at radius 1 is 1.58 bits per heavy atom. The van der Waals surface area contributed by atoms with Crippen molar-refractivity contribution in [1.82, 2.24) is 14.9 Å². The first kappa shape index (κ1) is 13.6. The second-order valence-corrected chi connectivity index (χ2v) is 5.97. The van der Waals surface area contributed by atoms with Crippen LogP contribution >= 0.6 is 0 Å². The van der Waals surface area contributed by atoms with Gasteiger partial charge in [-0.15, -0.1) is 0 Å². The van der Waals surface area contributed by atoms with Gasteiger partial charge >= 0.3 is 0 Å². The lowest BCUT2D eigenvalue weighted by Crippen LogP contribution is -2.33. The maximum Gasteiger partial charge on any atom is 0.246 e. The van der Waals surface area contributed by atoms with E-state index < -0.39 is 10.0 Å². The van der Waals surface area contributed by atoms with Crippen molar-refractivity contribution in [3.8, 4) is 0 Å². The largest absolute Gasteiger partial charge is 0.469 e. The molecule has 0 aromatic carbocycles. The number of aromatic amines is 1. The van der Waals surface area contributed by atoms with E-state index in [-0.39, 0.29) is 16.8 Å². The molecule has 0 aliphatic rings. The summed E-state index contributed by atoms with van der Waals surface area (Å²) in [7, 11) is -3.64. The number of nitrogens with one attached hydrogen (secondary N) is 2. The number of aromatic nitrogens is 2. The average molecular weight is 284 g/mol. The van der Waals surface area contributed by atoms with Gasteiger partial charge in [-0.05, 0) is 25.5 Å².